The molecular weight excluding hydrogens is 1360 g/mol. The molecule has 5 saturated carbocycles. The number of rotatable bonds is 5. The first-order valence-corrected chi connectivity index (χ1v) is 44.8. The van der Waals surface area contributed by atoms with E-state index in [0.717, 1.165) is 0 Å². The number of benzene rings is 5. The van der Waals surface area contributed by atoms with Gasteiger partial charge >= 0.3 is 0 Å². The second kappa shape index (κ2) is 33.4. The van der Waals surface area contributed by atoms with Crippen molar-refractivity contribution in [2.24, 2.45) is 51.5 Å². The molecule has 5 fully saturated rings. The summed E-state index contributed by atoms with van der Waals surface area (Å²) in [4.78, 5) is 0. The Labute approximate surface area is 675 Å². The van der Waals surface area contributed by atoms with Gasteiger partial charge in [0, 0.05) is 104 Å². The minimum Gasteiger partial charge on any atom is -0.201 e. The van der Waals surface area contributed by atoms with Gasteiger partial charge in [-0.1, -0.05) is 168 Å². The second-order valence-electron chi connectivity index (χ2n) is 37.7. The van der Waals surface area contributed by atoms with Crippen LogP contribution >= 0.6 is 0 Å². The lowest BCUT2D eigenvalue weighted by molar-refractivity contribution is -0.673. The van der Waals surface area contributed by atoms with Crippen molar-refractivity contribution >= 4 is 0 Å². The maximum absolute atomic E-state index is 2.53. The minimum atomic E-state index is 0.447. The molecule has 5 heterocycles. The molecule has 5 heteroatoms. The molecule has 0 atom stereocenters. The van der Waals surface area contributed by atoms with Crippen LogP contribution in [0.1, 0.15) is 270 Å². The molecule has 0 saturated heterocycles. The molecule has 5 nitrogen and oxygen atoms in total. The number of nitrogens with zero attached hydrogens (tertiary/aromatic N) is 5. The summed E-state index contributed by atoms with van der Waals surface area (Å²) in [5.74, 6) is 0. The van der Waals surface area contributed by atoms with Gasteiger partial charge in [-0.25, -0.2) is 9.13 Å². The number of pyridine rings is 5. The summed E-state index contributed by atoms with van der Waals surface area (Å²) < 4.78 is 12.2. The SMILES string of the molecule is Cc1ccccc1-c1c2c(cc[n+]1C)CCC1(CCCCC1)C2.Cc1ccccc1-c1c2c(cc[n+]1C)CCCC21CCCCC1.Cc1ccccc1-c1ccc2c([n+]1C)C1(CCCC1)CCC2.Cc1ccccc1-c1ccc2c([n+]1C)CC1(CCCC1)CC2.Cc1ccccc1-c1ccc2c([n+]1C)CCC1(CCCC1)C2. The summed E-state index contributed by atoms with van der Waals surface area (Å²) in [5.41, 5.74) is 39.8. The van der Waals surface area contributed by atoms with Crippen molar-refractivity contribution in [2.75, 3.05) is 0 Å². The van der Waals surface area contributed by atoms with Gasteiger partial charge in [0.1, 0.15) is 35.2 Å². The third kappa shape index (κ3) is 15.6. The predicted molar refractivity (Wildman–Crippen MR) is 463 cm³/mol. The van der Waals surface area contributed by atoms with Crippen LogP contribution in [0.15, 0.2) is 182 Å². The lowest BCUT2D eigenvalue weighted by Crippen LogP contribution is -2.47. The molecular formula is C107H134N5+5. The Morgan fingerprint density at radius 1 is 0.250 bits per heavy atom. The van der Waals surface area contributed by atoms with Crippen molar-refractivity contribution in [3.8, 4) is 56.3 Å². The van der Waals surface area contributed by atoms with Crippen LogP contribution in [0.4, 0.5) is 0 Å². The molecule has 10 aliphatic rings. The lowest BCUT2D eigenvalue weighted by Gasteiger charge is -2.42. The normalized spacial score (nSPS) is 19.4. The van der Waals surface area contributed by atoms with Crippen LogP contribution in [0.3, 0.4) is 0 Å². The molecule has 5 aromatic heterocycles. The molecule has 582 valence electrons. The molecule has 0 N–H and O–H groups in total. The summed E-state index contributed by atoms with van der Waals surface area (Å²) in [6.45, 7) is 11.1. The van der Waals surface area contributed by atoms with E-state index in [1.807, 2.05) is 0 Å². The Kier molecular flexibility index (Phi) is 23.2. The Hall–Kier alpha value is -8.15. The zero-order chi connectivity index (χ0) is 77.2. The molecule has 10 aromatic rings. The third-order valence-corrected chi connectivity index (χ3v) is 30.9. The fraction of sp³-hybridized carbons (Fsp3) is 0.486. The highest BCUT2D eigenvalue weighted by Gasteiger charge is 2.48. The van der Waals surface area contributed by atoms with Gasteiger partial charge in [0.2, 0.25) is 28.5 Å². The van der Waals surface area contributed by atoms with E-state index in [9.17, 15) is 0 Å². The van der Waals surface area contributed by atoms with Crippen LogP contribution in [-0.4, -0.2) is 0 Å². The van der Waals surface area contributed by atoms with Crippen LogP contribution in [0.5, 0.6) is 0 Å². The molecule has 0 aliphatic heterocycles. The first-order valence-electron chi connectivity index (χ1n) is 44.8. The van der Waals surface area contributed by atoms with Crippen molar-refractivity contribution in [3.63, 3.8) is 0 Å². The van der Waals surface area contributed by atoms with Gasteiger partial charge in [-0.15, -0.1) is 0 Å². The summed E-state index contributed by atoms with van der Waals surface area (Å²) in [6, 6.07) is 63.1. The molecule has 20 rings (SSSR count). The number of aromatic nitrogens is 5. The second-order valence-corrected chi connectivity index (χ2v) is 37.7. The van der Waals surface area contributed by atoms with E-state index >= 15 is 0 Å². The van der Waals surface area contributed by atoms with Gasteiger partial charge in [0.15, 0.2) is 29.5 Å². The van der Waals surface area contributed by atoms with Crippen LogP contribution in [-0.2, 0) is 97.4 Å². The smallest absolute Gasteiger partial charge is 0.201 e. The highest BCUT2D eigenvalue weighted by Crippen LogP contribution is 2.54. The average Bonchev–Trinajstić information content (AvgIpc) is 0.852. The number of hydrogen-bond acceptors (Lipinski definition) is 0. The Morgan fingerprint density at radius 3 is 1.15 bits per heavy atom. The fourth-order valence-corrected chi connectivity index (χ4v) is 24.6. The van der Waals surface area contributed by atoms with E-state index in [-0.39, 0.29) is 0 Å². The number of fused-ring (bicyclic) bond motifs is 7. The predicted octanol–water partition coefficient (Wildman–Crippen LogP) is 23.7. The van der Waals surface area contributed by atoms with Gasteiger partial charge in [0.05, 0.1) is 5.41 Å². The van der Waals surface area contributed by atoms with Gasteiger partial charge < -0.3 is 0 Å². The van der Waals surface area contributed by atoms with Gasteiger partial charge in [-0.05, 0) is 286 Å². The van der Waals surface area contributed by atoms with Crippen LogP contribution < -0.4 is 22.8 Å². The summed E-state index contributed by atoms with van der Waals surface area (Å²) >= 11 is 0. The zero-order valence-corrected chi connectivity index (χ0v) is 70.7. The monoisotopic (exact) mass is 1490 g/mol. The maximum atomic E-state index is 2.53. The molecule has 112 heavy (non-hydrogen) atoms. The lowest BCUT2D eigenvalue weighted by atomic mass is 9.61. The zero-order valence-electron chi connectivity index (χ0n) is 70.7. The van der Waals surface area contributed by atoms with Crippen molar-refractivity contribution in [1.82, 2.24) is 0 Å². The molecule has 10 aliphatic carbocycles. The van der Waals surface area contributed by atoms with E-state index in [2.05, 4.69) is 275 Å². The van der Waals surface area contributed by atoms with Gasteiger partial charge in [0.25, 0.3) is 0 Å². The van der Waals surface area contributed by atoms with Crippen LogP contribution in [0.25, 0.3) is 56.3 Å². The van der Waals surface area contributed by atoms with Crippen molar-refractivity contribution in [3.05, 3.63) is 266 Å². The van der Waals surface area contributed by atoms with E-state index < -0.39 is 0 Å². The molecule has 5 spiro atoms. The maximum Gasteiger partial charge on any atom is 0.216 e. The van der Waals surface area contributed by atoms with E-state index in [1.165, 1.54) is 322 Å². The standard InChI is InChI=1S/2C22H28N.3C21H26N/c1-17-9-4-5-11-19(17)21-20-18(12-16-23(21)2)10-8-15-22(20)13-6-3-7-14-22;1-17-8-4-5-9-19(17)21-20-16-22(12-6-3-7-13-22)14-10-18(20)11-15-23(21)2;1-16-8-3-4-10-18(16)19-12-11-17-9-7-15-21(13-5-6-14-21)20(17)22(19)2;1-16-7-3-4-8-18(16)20-10-9-17-15-21(12-5-6-13-21)14-11-19(17)22(20)2;1-16-7-3-4-8-18(16)19-10-9-17-11-14-21(12-5-6-13-21)15-20(17)22(19)2/h4-5,9,11-12,16H,3,6-8,10,13-15H2,1-2H3;4-5,8-9,11,15H,3,6-7,10,12-14,16H2,1-2H3;3-4,8,10-12H,5-7,9,13-15H2,1-2H3;2*3-4,7-10H,5-6,11-15H2,1-2H3/q5*+1. The summed E-state index contributed by atoms with van der Waals surface area (Å²) in [5, 5.41) is 0. The van der Waals surface area contributed by atoms with Crippen molar-refractivity contribution in [1.29, 1.82) is 0 Å². The van der Waals surface area contributed by atoms with E-state index in [0.29, 0.717) is 27.1 Å². The summed E-state index contributed by atoms with van der Waals surface area (Å²) in [6.07, 6.45) is 55.9. The molecule has 0 bridgehead atoms. The van der Waals surface area contributed by atoms with Gasteiger partial charge in [-0.2, -0.15) is 13.7 Å². The number of hydrogen-bond donors (Lipinski definition) is 0. The molecule has 0 radical (unpaired) electrons. The van der Waals surface area contributed by atoms with Gasteiger partial charge in [-0.3, -0.25) is 0 Å². The first kappa shape index (κ1) is 77.8. The fourth-order valence-electron chi connectivity index (χ4n) is 24.6. The number of aryl methyl sites for hydroxylation is 11. The Morgan fingerprint density at radius 2 is 0.616 bits per heavy atom. The third-order valence-electron chi connectivity index (χ3n) is 30.9. The van der Waals surface area contributed by atoms with Crippen molar-refractivity contribution in [2.45, 2.75) is 283 Å². The van der Waals surface area contributed by atoms with E-state index in [1.54, 1.807) is 56.0 Å². The Balaban J connectivity index is 0.000000106. The Bertz CT molecular complexity index is 5030. The first-order chi connectivity index (χ1) is 54.5. The highest BCUT2D eigenvalue weighted by atomic mass is 15.0. The minimum absolute atomic E-state index is 0.447. The van der Waals surface area contributed by atoms with Crippen LogP contribution in [0.2, 0.25) is 0 Å². The molecule has 5 aromatic carbocycles. The molecule has 0 unspecified atom stereocenters. The molecule has 0 amide bonds. The van der Waals surface area contributed by atoms with Crippen LogP contribution in [0, 0.1) is 50.9 Å². The van der Waals surface area contributed by atoms with Crippen molar-refractivity contribution < 1.29 is 22.8 Å². The summed E-state index contributed by atoms with van der Waals surface area (Å²) in [7, 11) is 11.3. The average molecular weight is 1490 g/mol. The van der Waals surface area contributed by atoms with E-state index in [4.69, 9.17) is 0 Å². The largest absolute Gasteiger partial charge is 0.216 e. The topological polar surface area (TPSA) is 19.4 Å². The highest BCUT2D eigenvalue weighted by molar-refractivity contribution is 5.69. The quantitative estimate of drug-likeness (QED) is 0.153.